The van der Waals surface area contributed by atoms with Crippen molar-refractivity contribution in [2.45, 2.75) is 24.8 Å². The van der Waals surface area contributed by atoms with E-state index in [9.17, 15) is 14.7 Å². The van der Waals surface area contributed by atoms with Crippen molar-refractivity contribution in [1.29, 1.82) is 0 Å². The van der Waals surface area contributed by atoms with Crippen molar-refractivity contribution >= 4 is 18.0 Å². The lowest BCUT2D eigenvalue weighted by Gasteiger charge is -2.17. The Hall–Kier alpha value is -3.67. The van der Waals surface area contributed by atoms with Gasteiger partial charge in [0.25, 0.3) is 0 Å². The number of hydrogen-bond acceptors (Lipinski definition) is 7. The van der Waals surface area contributed by atoms with E-state index in [-0.39, 0.29) is 43.2 Å². The van der Waals surface area contributed by atoms with Crippen molar-refractivity contribution in [3.63, 3.8) is 0 Å². The summed E-state index contributed by atoms with van der Waals surface area (Å²) in [5.41, 5.74) is 11.6. The number of amides is 1. The highest BCUT2D eigenvalue weighted by molar-refractivity contribution is 5.81. The fourth-order valence-corrected chi connectivity index (χ4v) is 3.67. The van der Waals surface area contributed by atoms with Crippen LogP contribution in [0.1, 0.15) is 29.9 Å². The molecule has 0 aliphatic heterocycles. The molecular formula is C21H25N5O6. The maximum Gasteiger partial charge on any atom is 0.407 e. The second-order valence-electron chi connectivity index (χ2n) is 7.17. The molecule has 1 amide bonds. The van der Waals surface area contributed by atoms with Crippen LogP contribution in [0.3, 0.4) is 0 Å². The molecule has 0 aromatic heterocycles. The summed E-state index contributed by atoms with van der Waals surface area (Å²) in [6.07, 6.45) is -0.460. The minimum absolute atomic E-state index is 0.0809. The first-order chi connectivity index (χ1) is 15.4. The molecule has 170 valence electrons. The van der Waals surface area contributed by atoms with Gasteiger partial charge in [0.2, 0.25) is 5.96 Å². The van der Waals surface area contributed by atoms with Crippen molar-refractivity contribution in [2.75, 3.05) is 13.2 Å². The molecular weight excluding hydrogens is 418 g/mol. The fraction of sp³-hybridized carbons (Fsp3) is 0.286. The van der Waals surface area contributed by atoms with Crippen LogP contribution in [0, 0.1) is 0 Å². The van der Waals surface area contributed by atoms with E-state index in [4.69, 9.17) is 20.9 Å². The molecule has 2 aromatic rings. The monoisotopic (exact) mass is 443 g/mol. The van der Waals surface area contributed by atoms with Crippen molar-refractivity contribution in [1.82, 2.24) is 16.1 Å². The largest absolute Gasteiger partial charge is 0.480 e. The highest BCUT2D eigenvalue weighted by Crippen LogP contribution is 2.44. The maximum absolute atomic E-state index is 12.3. The summed E-state index contributed by atoms with van der Waals surface area (Å²) in [4.78, 5) is 27.6. The lowest BCUT2D eigenvalue weighted by atomic mass is 9.98. The average Bonchev–Trinajstić information content (AvgIpc) is 3.07. The zero-order valence-electron chi connectivity index (χ0n) is 17.1. The van der Waals surface area contributed by atoms with E-state index < -0.39 is 18.1 Å². The van der Waals surface area contributed by atoms with Crippen LogP contribution in [0.25, 0.3) is 11.1 Å². The van der Waals surface area contributed by atoms with Crippen LogP contribution in [0.4, 0.5) is 4.79 Å². The molecule has 32 heavy (non-hydrogen) atoms. The summed E-state index contributed by atoms with van der Waals surface area (Å²) in [5.74, 6) is -1.59. The lowest BCUT2D eigenvalue weighted by Crippen LogP contribution is -2.42. The van der Waals surface area contributed by atoms with E-state index in [1.807, 2.05) is 54.0 Å². The summed E-state index contributed by atoms with van der Waals surface area (Å²) in [6, 6.07) is 14.7. The van der Waals surface area contributed by atoms with Crippen LogP contribution < -0.4 is 16.5 Å². The van der Waals surface area contributed by atoms with E-state index >= 15 is 0 Å². The molecule has 0 saturated heterocycles. The van der Waals surface area contributed by atoms with E-state index in [2.05, 4.69) is 10.3 Å². The highest BCUT2D eigenvalue weighted by Gasteiger charge is 2.29. The first-order valence-corrected chi connectivity index (χ1v) is 9.95. The topological polar surface area (TPSA) is 170 Å². The number of hydrogen-bond donors (Lipinski definition) is 6. The van der Waals surface area contributed by atoms with Crippen LogP contribution in [-0.4, -0.2) is 58.1 Å². The van der Waals surface area contributed by atoms with Gasteiger partial charge in [0.15, 0.2) is 0 Å². The number of carbonyl (C=O) groups is 2. The predicted molar refractivity (Wildman–Crippen MR) is 114 cm³/mol. The van der Waals surface area contributed by atoms with E-state index in [1.54, 1.807) is 0 Å². The Balaban J connectivity index is 1.53. The van der Waals surface area contributed by atoms with Crippen molar-refractivity contribution in [2.24, 2.45) is 10.7 Å². The van der Waals surface area contributed by atoms with Gasteiger partial charge in [-0.25, -0.2) is 15.0 Å². The van der Waals surface area contributed by atoms with Gasteiger partial charge in [0.05, 0.1) is 0 Å². The molecule has 1 aliphatic carbocycles. The average molecular weight is 443 g/mol. The third-order valence-electron chi connectivity index (χ3n) is 5.08. The Morgan fingerprint density at radius 1 is 1.09 bits per heavy atom. The molecule has 0 spiro atoms. The van der Waals surface area contributed by atoms with Crippen LogP contribution in [0.5, 0.6) is 0 Å². The Labute approximate surface area is 184 Å². The summed E-state index contributed by atoms with van der Waals surface area (Å²) in [7, 11) is 0. The SMILES string of the molecule is NC(=NCCC[C@H](NC(=O)OCC1c2ccccc2-c2ccccc21)C(=O)O)NN(O)O. The van der Waals surface area contributed by atoms with Crippen LogP contribution in [-0.2, 0) is 9.53 Å². The number of nitrogens with one attached hydrogen (secondary N) is 2. The first kappa shape index (κ1) is 23.0. The molecule has 0 unspecified atom stereocenters. The molecule has 0 fully saturated rings. The molecule has 11 heteroatoms. The molecule has 1 aliphatic rings. The van der Waals surface area contributed by atoms with Crippen LogP contribution in [0.15, 0.2) is 53.5 Å². The summed E-state index contributed by atoms with van der Waals surface area (Å²) < 4.78 is 5.38. The van der Waals surface area contributed by atoms with Gasteiger partial charge in [0, 0.05) is 17.8 Å². The van der Waals surface area contributed by atoms with Gasteiger partial charge in [-0.05, 0) is 35.1 Å². The number of nitrogens with two attached hydrogens (primary N) is 1. The molecule has 0 heterocycles. The highest BCUT2D eigenvalue weighted by atomic mass is 16.8. The van der Waals surface area contributed by atoms with E-state index in [0.717, 1.165) is 22.3 Å². The quantitative estimate of drug-likeness (QED) is 0.146. The minimum atomic E-state index is -1.20. The molecule has 0 saturated carbocycles. The number of guanidine groups is 1. The van der Waals surface area contributed by atoms with Gasteiger partial charge >= 0.3 is 12.1 Å². The smallest absolute Gasteiger partial charge is 0.407 e. The summed E-state index contributed by atoms with van der Waals surface area (Å²) >= 11 is 0. The lowest BCUT2D eigenvalue weighted by molar-refractivity contribution is -0.329. The predicted octanol–water partition coefficient (Wildman–Crippen LogP) is 1.66. The van der Waals surface area contributed by atoms with Gasteiger partial charge in [-0.3, -0.25) is 15.4 Å². The third-order valence-corrected chi connectivity index (χ3v) is 5.08. The Bertz CT molecular complexity index is 951. The van der Waals surface area contributed by atoms with Gasteiger partial charge in [-0.1, -0.05) is 48.5 Å². The van der Waals surface area contributed by atoms with Gasteiger partial charge in [-0.15, -0.1) is 0 Å². The van der Waals surface area contributed by atoms with Crippen LogP contribution >= 0.6 is 0 Å². The standard InChI is InChI=1S/C21H25N5O6/c22-20(25-26(30)31)23-11-5-10-18(19(27)28)24-21(29)32-12-17-15-8-3-1-6-13(15)14-7-2-4-9-16(14)17/h1-4,6-9,17-18,30-31H,5,10-12H2,(H,24,29)(H,27,28)(H3,22,23,25)/t18-/m0/s1. The number of ether oxygens (including phenoxy) is 1. The number of alkyl carbamates (subject to hydrolysis) is 1. The minimum Gasteiger partial charge on any atom is -0.480 e. The van der Waals surface area contributed by atoms with Gasteiger partial charge < -0.3 is 20.9 Å². The molecule has 7 N–H and O–H groups in total. The first-order valence-electron chi connectivity index (χ1n) is 9.95. The molecule has 3 rings (SSSR count). The Kier molecular flexibility index (Phi) is 7.60. The zero-order valence-corrected chi connectivity index (χ0v) is 17.1. The summed E-state index contributed by atoms with van der Waals surface area (Å²) in [6.45, 7) is 0.195. The molecule has 2 aromatic carbocycles. The normalized spacial score (nSPS) is 13.9. The van der Waals surface area contributed by atoms with Crippen LogP contribution in [0.2, 0.25) is 0 Å². The van der Waals surface area contributed by atoms with Crippen molar-refractivity contribution in [3.05, 3.63) is 59.7 Å². The second kappa shape index (κ2) is 10.6. The number of aliphatic imine (C=N–C) groups is 1. The van der Waals surface area contributed by atoms with Gasteiger partial charge in [-0.2, -0.15) is 0 Å². The maximum atomic E-state index is 12.3. The zero-order chi connectivity index (χ0) is 23.1. The molecule has 0 bridgehead atoms. The fourth-order valence-electron chi connectivity index (χ4n) is 3.67. The van der Waals surface area contributed by atoms with Crippen molar-refractivity contribution in [3.8, 4) is 11.1 Å². The molecule has 0 radical (unpaired) electrons. The number of carbonyl (C=O) groups excluding carboxylic acids is 1. The number of carboxylic acid groups (broad SMARTS) is 1. The number of rotatable bonds is 9. The number of carboxylic acids is 1. The second-order valence-corrected chi connectivity index (χ2v) is 7.17. The number of fused-ring (bicyclic) bond motifs is 3. The van der Waals surface area contributed by atoms with E-state index in [1.165, 1.54) is 0 Å². The van der Waals surface area contributed by atoms with E-state index in [0.29, 0.717) is 0 Å². The Morgan fingerprint density at radius 2 is 1.69 bits per heavy atom. The molecule has 11 nitrogen and oxygen atoms in total. The number of nitrogens with zero attached hydrogens (tertiary/aromatic N) is 2. The number of aliphatic carboxylic acids is 1. The molecule has 1 atom stereocenters. The number of benzene rings is 2. The van der Waals surface area contributed by atoms with Crippen molar-refractivity contribution < 1.29 is 29.8 Å². The number of hydrazine groups is 1. The van der Waals surface area contributed by atoms with Gasteiger partial charge in [0.1, 0.15) is 12.6 Å². The third kappa shape index (κ3) is 5.72. The Morgan fingerprint density at radius 3 is 2.25 bits per heavy atom. The summed E-state index contributed by atoms with van der Waals surface area (Å²) in [5, 5.41) is 28.5.